The summed E-state index contributed by atoms with van der Waals surface area (Å²) in [7, 11) is 0. The molecule has 20 heavy (non-hydrogen) atoms. The highest BCUT2D eigenvalue weighted by atomic mass is 16.4. The minimum absolute atomic E-state index is 0.652. The third-order valence-electron chi connectivity index (χ3n) is 4.17. The first kappa shape index (κ1) is 12.8. The number of carbonyl (C=O) groups is 1. The van der Waals surface area contributed by atoms with Gasteiger partial charge in [0.05, 0.1) is 17.4 Å². The van der Waals surface area contributed by atoms with Crippen molar-refractivity contribution >= 4 is 22.6 Å². The number of piperidine rings is 1. The molecule has 1 atom stereocenters. The van der Waals surface area contributed by atoms with E-state index in [4.69, 9.17) is 0 Å². The van der Waals surface area contributed by atoms with Gasteiger partial charge < -0.3 is 10.0 Å². The lowest BCUT2D eigenvalue weighted by Gasteiger charge is -2.43. The van der Waals surface area contributed by atoms with Crippen LogP contribution in [0.3, 0.4) is 0 Å². The zero-order valence-corrected chi connectivity index (χ0v) is 11.4. The average molecular weight is 271 g/mol. The van der Waals surface area contributed by atoms with Crippen LogP contribution in [0.15, 0.2) is 30.5 Å². The molecule has 1 aromatic carbocycles. The number of benzene rings is 1. The highest BCUT2D eigenvalue weighted by Crippen LogP contribution is 2.36. The predicted octanol–water partition coefficient (Wildman–Crippen LogP) is 2.46. The van der Waals surface area contributed by atoms with Crippen LogP contribution in [0.2, 0.25) is 0 Å². The van der Waals surface area contributed by atoms with Crippen molar-refractivity contribution in [3.63, 3.8) is 0 Å². The molecule has 0 aliphatic carbocycles. The van der Waals surface area contributed by atoms with E-state index in [0.717, 1.165) is 36.0 Å². The van der Waals surface area contributed by atoms with Crippen LogP contribution in [0.1, 0.15) is 26.2 Å². The van der Waals surface area contributed by atoms with Crippen LogP contribution >= 0.6 is 0 Å². The molecule has 2 heterocycles. The van der Waals surface area contributed by atoms with E-state index in [1.54, 1.807) is 13.1 Å². The fraction of sp³-hybridized carbons (Fsp3) is 0.400. The largest absolute Gasteiger partial charge is 0.480 e. The second-order valence-corrected chi connectivity index (χ2v) is 5.43. The summed E-state index contributed by atoms with van der Waals surface area (Å²) in [5, 5.41) is 18.7. The maximum Gasteiger partial charge on any atom is 0.329 e. The third-order valence-corrected chi connectivity index (χ3v) is 4.17. The Morgan fingerprint density at radius 1 is 1.35 bits per heavy atom. The second-order valence-electron chi connectivity index (χ2n) is 5.43. The lowest BCUT2D eigenvalue weighted by Crippen LogP contribution is -2.55. The van der Waals surface area contributed by atoms with E-state index >= 15 is 0 Å². The fourth-order valence-corrected chi connectivity index (χ4v) is 2.94. The van der Waals surface area contributed by atoms with Crippen molar-refractivity contribution in [1.29, 1.82) is 0 Å². The summed E-state index contributed by atoms with van der Waals surface area (Å²) < 4.78 is 0. The van der Waals surface area contributed by atoms with Gasteiger partial charge >= 0.3 is 5.97 Å². The monoisotopic (exact) mass is 271 g/mol. The Kier molecular flexibility index (Phi) is 3.04. The molecule has 0 spiro atoms. The Hall–Kier alpha value is -2.17. The van der Waals surface area contributed by atoms with E-state index in [2.05, 4.69) is 10.2 Å². The molecule has 104 valence electrons. The Balaban J connectivity index is 2.16. The van der Waals surface area contributed by atoms with Crippen molar-refractivity contribution in [2.24, 2.45) is 0 Å². The van der Waals surface area contributed by atoms with Crippen LogP contribution in [0.4, 0.5) is 5.69 Å². The van der Waals surface area contributed by atoms with Gasteiger partial charge in [0.2, 0.25) is 0 Å². The minimum atomic E-state index is -0.871. The molecule has 5 nitrogen and oxygen atoms in total. The smallest absolute Gasteiger partial charge is 0.329 e. The maximum absolute atomic E-state index is 11.7. The summed E-state index contributed by atoms with van der Waals surface area (Å²) in [6.07, 6.45) is 4.27. The summed E-state index contributed by atoms with van der Waals surface area (Å²) in [4.78, 5) is 13.7. The quantitative estimate of drug-likeness (QED) is 0.908. The molecular weight excluding hydrogens is 254 g/mol. The lowest BCUT2D eigenvalue weighted by molar-refractivity contribution is -0.143. The van der Waals surface area contributed by atoms with Gasteiger partial charge in [0.1, 0.15) is 5.54 Å². The molecule has 1 fully saturated rings. The van der Waals surface area contributed by atoms with Crippen molar-refractivity contribution in [3.8, 4) is 0 Å². The van der Waals surface area contributed by atoms with E-state index in [1.165, 1.54) is 0 Å². The minimum Gasteiger partial charge on any atom is -0.480 e. The van der Waals surface area contributed by atoms with Crippen molar-refractivity contribution in [2.45, 2.75) is 31.7 Å². The van der Waals surface area contributed by atoms with Gasteiger partial charge in [-0.15, -0.1) is 0 Å². The van der Waals surface area contributed by atoms with Crippen LogP contribution in [-0.4, -0.2) is 33.4 Å². The summed E-state index contributed by atoms with van der Waals surface area (Å²) in [5.41, 5.74) is 0.785. The number of hydrogen-bond donors (Lipinski definition) is 1. The summed E-state index contributed by atoms with van der Waals surface area (Å²) in [5.74, 6) is -0.780. The molecule has 0 bridgehead atoms. The molecule has 1 aliphatic heterocycles. The summed E-state index contributed by atoms with van der Waals surface area (Å²) >= 11 is 0. The van der Waals surface area contributed by atoms with Crippen LogP contribution in [0.25, 0.3) is 10.9 Å². The van der Waals surface area contributed by atoms with Crippen molar-refractivity contribution in [1.82, 2.24) is 10.2 Å². The fourth-order valence-electron chi connectivity index (χ4n) is 2.94. The second kappa shape index (κ2) is 4.74. The molecule has 1 aliphatic rings. The van der Waals surface area contributed by atoms with Crippen molar-refractivity contribution in [2.75, 3.05) is 11.4 Å². The molecule has 0 saturated carbocycles. The van der Waals surface area contributed by atoms with Gasteiger partial charge in [0.25, 0.3) is 0 Å². The van der Waals surface area contributed by atoms with Crippen LogP contribution < -0.4 is 4.90 Å². The highest BCUT2D eigenvalue weighted by molar-refractivity contribution is 5.94. The number of aromatic nitrogens is 2. The molecule has 1 saturated heterocycles. The molecular formula is C15H17N3O2. The molecule has 5 heteroatoms. The highest BCUT2D eigenvalue weighted by Gasteiger charge is 2.42. The van der Waals surface area contributed by atoms with Crippen molar-refractivity contribution < 1.29 is 9.90 Å². The average Bonchev–Trinajstić information content (AvgIpc) is 2.47. The topological polar surface area (TPSA) is 66.3 Å². The lowest BCUT2D eigenvalue weighted by atomic mass is 9.87. The number of hydrogen-bond acceptors (Lipinski definition) is 4. The Morgan fingerprint density at radius 2 is 2.15 bits per heavy atom. The van der Waals surface area contributed by atoms with Gasteiger partial charge in [0, 0.05) is 11.9 Å². The van der Waals surface area contributed by atoms with Crippen LogP contribution in [-0.2, 0) is 4.79 Å². The van der Waals surface area contributed by atoms with Gasteiger partial charge in [-0.3, -0.25) is 0 Å². The maximum atomic E-state index is 11.7. The Morgan fingerprint density at radius 3 is 2.95 bits per heavy atom. The van der Waals surface area contributed by atoms with Gasteiger partial charge in [0.15, 0.2) is 0 Å². The van der Waals surface area contributed by atoms with Gasteiger partial charge in [-0.25, -0.2) is 4.79 Å². The number of carboxylic acids is 1. The first-order chi connectivity index (χ1) is 9.63. The summed E-state index contributed by atoms with van der Waals surface area (Å²) in [6, 6.07) is 7.72. The Bertz CT molecular complexity index is 653. The van der Waals surface area contributed by atoms with Crippen LogP contribution in [0, 0.1) is 0 Å². The van der Waals surface area contributed by atoms with Gasteiger partial charge in [-0.05, 0) is 32.3 Å². The summed E-state index contributed by atoms with van der Waals surface area (Å²) in [6.45, 7) is 2.53. The van der Waals surface area contributed by atoms with E-state index in [9.17, 15) is 9.90 Å². The van der Waals surface area contributed by atoms with Gasteiger partial charge in [-0.2, -0.15) is 10.2 Å². The molecule has 0 amide bonds. The van der Waals surface area contributed by atoms with E-state index in [0.29, 0.717) is 6.42 Å². The molecule has 0 radical (unpaired) electrons. The van der Waals surface area contributed by atoms with Crippen molar-refractivity contribution in [3.05, 3.63) is 30.5 Å². The van der Waals surface area contributed by atoms with Crippen LogP contribution in [0.5, 0.6) is 0 Å². The number of carboxylic acid groups (broad SMARTS) is 1. The number of anilines is 1. The first-order valence-corrected chi connectivity index (χ1v) is 6.84. The molecule has 1 unspecified atom stereocenters. The number of rotatable bonds is 2. The van der Waals surface area contributed by atoms with E-state index in [-0.39, 0.29) is 0 Å². The van der Waals surface area contributed by atoms with E-state index in [1.807, 2.05) is 29.2 Å². The number of aliphatic carboxylic acids is 1. The molecule has 3 rings (SSSR count). The normalized spacial score (nSPS) is 22.9. The molecule has 1 N–H and O–H groups in total. The number of fused-ring (bicyclic) bond motifs is 1. The zero-order valence-electron chi connectivity index (χ0n) is 11.4. The van der Waals surface area contributed by atoms with Gasteiger partial charge in [-0.1, -0.05) is 18.2 Å². The zero-order chi connectivity index (χ0) is 14.2. The Labute approximate surface area is 117 Å². The SMILES string of the molecule is CC1(C(=O)O)CCCCN1c1cnnc2ccccc12. The number of nitrogens with zero attached hydrogens (tertiary/aromatic N) is 3. The van der Waals surface area contributed by atoms with E-state index < -0.39 is 11.5 Å². The molecule has 1 aromatic heterocycles. The first-order valence-electron chi connectivity index (χ1n) is 6.84. The predicted molar refractivity (Wildman–Crippen MR) is 76.8 cm³/mol. The third kappa shape index (κ3) is 1.90. The standard InChI is InChI=1S/C15H17N3O2/c1-15(14(19)20)8-4-5-9-18(15)13-10-16-17-12-7-3-2-6-11(12)13/h2-3,6-7,10H,4-5,8-9H2,1H3,(H,19,20). The molecule has 2 aromatic rings.